The molecule has 42 heavy (non-hydrogen) atoms. The molecule has 2 aromatic heterocycles. The normalized spacial score (nSPS) is 15.1. The Morgan fingerprint density at radius 2 is 1.67 bits per heavy atom. The molecule has 0 aliphatic carbocycles. The zero-order valence-electron chi connectivity index (χ0n) is 23.5. The lowest BCUT2D eigenvalue weighted by molar-refractivity contribution is 0.340. The van der Waals surface area contributed by atoms with E-state index in [1.807, 2.05) is 97.4 Å². The highest BCUT2D eigenvalue weighted by Gasteiger charge is 2.42. The van der Waals surface area contributed by atoms with E-state index >= 15 is 0 Å². The Morgan fingerprint density at radius 1 is 0.881 bits per heavy atom. The fourth-order valence-corrected chi connectivity index (χ4v) is 5.56. The van der Waals surface area contributed by atoms with Crippen LogP contribution < -0.4 is 19.7 Å². The quantitative estimate of drug-likeness (QED) is 0.249. The van der Waals surface area contributed by atoms with Gasteiger partial charge in [0.05, 0.1) is 36.8 Å². The lowest BCUT2D eigenvalue weighted by atomic mass is 9.92. The topological polar surface area (TPSA) is 89.2 Å². The maximum Gasteiger partial charge on any atom is 0.179 e. The molecule has 2 aliphatic heterocycles. The van der Waals surface area contributed by atoms with E-state index in [4.69, 9.17) is 24.6 Å². The molecule has 1 N–H and O–H groups in total. The fourth-order valence-electron chi connectivity index (χ4n) is 5.56. The van der Waals surface area contributed by atoms with Crippen molar-refractivity contribution in [2.75, 3.05) is 23.9 Å². The summed E-state index contributed by atoms with van der Waals surface area (Å²) in [7, 11) is 1.70. The highest BCUT2D eigenvalue weighted by atomic mass is 16.5. The molecule has 0 unspecified atom stereocenters. The van der Waals surface area contributed by atoms with Crippen molar-refractivity contribution >= 4 is 34.6 Å². The number of benzene rings is 3. The Bertz CT molecular complexity index is 1830. The molecule has 0 saturated carbocycles. The van der Waals surface area contributed by atoms with E-state index < -0.39 is 0 Å². The number of para-hydroxylation sites is 3. The molecule has 0 spiro atoms. The van der Waals surface area contributed by atoms with Crippen LogP contribution in [0.25, 0.3) is 5.82 Å². The van der Waals surface area contributed by atoms with Crippen LogP contribution >= 0.6 is 0 Å². The average molecular weight is 556 g/mol. The summed E-state index contributed by atoms with van der Waals surface area (Å²) in [4.78, 5) is 17.1. The molecule has 5 aromatic rings. The van der Waals surface area contributed by atoms with Gasteiger partial charge >= 0.3 is 0 Å². The molecule has 0 amide bonds. The van der Waals surface area contributed by atoms with Gasteiger partial charge in [0.2, 0.25) is 0 Å². The van der Waals surface area contributed by atoms with Gasteiger partial charge in [0.15, 0.2) is 23.3 Å². The Morgan fingerprint density at radius 3 is 2.45 bits per heavy atom. The van der Waals surface area contributed by atoms with E-state index in [1.54, 1.807) is 13.3 Å². The summed E-state index contributed by atoms with van der Waals surface area (Å²) in [5.41, 5.74) is 5.48. The van der Waals surface area contributed by atoms with Gasteiger partial charge in [-0.05, 0) is 68.4 Å². The zero-order valence-corrected chi connectivity index (χ0v) is 23.5. The lowest BCUT2D eigenvalue weighted by Gasteiger charge is -2.40. The minimum atomic E-state index is -0.296. The third-order valence-corrected chi connectivity index (χ3v) is 7.37. The number of ether oxygens (including phenoxy) is 2. The standard InChI is InChI=1S/C33H29N7O2/c1-4-42-23-18-16-22(17-19-23)35-31-33-37-32-29(21(2)38-40(32)28-15-9-10-20-34-28)30(24-11-5-8-14-27(24)41-3)39(33)26-13-7-6-12-25(26)36-31/h5-20,30H,4H2,1-3H3,(H,35,36)/t30-/m1/s1. The van der Waals surface area contributed by atoms with Crippen LogP contribution in [0.2, 0.25) is 0 Å². The second-order valence-corrected chi connectivity index (χ2v) is 9.90. The summed E-state index contributed by atoms with van der Waals surface area (Å²) in [6.07, 6.45) is 1.76. The molecule has 2 aliphatic rings. The van der Waals surface area contributed by atoms with Gasteiger partial charge in [0.25, 0.3) is 0 Å². The Kier molecular flexibility index (Phi) is 6.39. The van der Waals surface area contributed by atoms with Crippen LogP contribution in [0.15, 0.2) is 107 Å². The van der Waals surface area contributed by atoms with E-state index in [0.29, 0.717) is 29.9 Å². The van der Waals surface area contributed by atoms with Crippen molar-refractivity contribution in [3.63, 3.8) is 0 Å². The van der Waals surface area contributed by atoms with Crippen molar-refractivity contribution in [3.8, 4) is 17.3 Å². The third-order valence-electron chi connectivity index (χ3n) is 7.37. The number of rotatable bonds is 6. The molecular weight excluding hydrogens is 526 g/mol. The second kappa shape index (κ2) is 10.5. The van der Waals surface area contributed by atoms with Crippen LogP contribution in [0.3, 0.4) is 0 Å². The summed E-state index contributed by atoms with van der Waals surface area (Å²) >= 11 is 0. The first-order valence-corrected chi connectivity index (χ1v) is 13.9. The van der Waals surface area contributed by atoms with Gasteiger partial charge in [0.1, 0.15) is 11.5 Å². The van der Waals surface area contributed by atoms with Crippen LogP contribution in [0, 0.1) is 6.92 Å². The number of nitrogens with one attached hydrogen (secondary N) is 1. The molecule has 9 heteroatoms. The number of amidine groups is 2. The van der Waals surface area contributed by atoms with Gasteiger partial charge in [-0.3, -0.25) is 0 Å². The number of pyridine rings is 1. The minimum absolute atomic E-state index is 0.296. The zero-order chi connectivity index (χ0) is 28.6. The second-order valence-electron chi connectivity index (χ2n) is 9.90. The SMILES string of the molecule is CCOc1ccc(NC2=Nc3ccccc3N3C2=Nc2c(c(C)nn2-c2ccccn2)[C@H]3c2ccccc2OC)cc1. The van der Waals surface area contributed by atoms with Gasteiger partial charge in [-0.2, -0.15) is 9.78 Å². The summed E-state index contributed by atoms with van der Waals surface area (Å²) < 4.78 is 13.4. The Labute approximate surface area is 243 Å². The highest BCUT2D eigenvalue weighted by Crippen LogP contribution is 2.49. The van der Waals surface area contributed by atoms with Gasteiger partial charge in [-0.1, -0.05) is 36.4 Å². The predicted octanol–water partition coefficient (Wildman–Crippen LogP) is 6.78. The molecule has 7 rings (SSSR count). The molecule has 0 radical (unpaired) electrons. The number of methoxy groups -OCH3 is 1. The molecule has 0 bridgehead atoms. The maximum atomic E-state index is 5.90. The van der Waals surface area contributed by atoms with Crippen LogP contribution in [-0.4, -0.2) is 40.2 Å². The van der Waals surface area contributed by atoms with Crippen molar-refractivity contribution in [1.29, 1.82) is 0 Å². The molecule has 9 nitrogen and oxygen atoms in total. The van der Waals surface area contributed by atoms with Crippen LogP contribution in [0.1, 0.15) is 29.8 Å². The average Bonchev–Trinajstić information content (AvgIpc) is 3.37. The largest absolute Gasteiger partial charge is 0.496 e. The number of hydrogen-bond acceptors (Lipinski definition) is 8. The van der Waals surface area contributed by atoms with Gasteiger partial charge in [0, 0.05) is 23.0 Å². The summed E-state index contributed by atoms with van der Waals surface area (Å²) in [5, 5.41) is 8.48. The summed E-state index contributed by atoms with van der Waals surface area (Å²) in [5.74, 6) is 4.27. The number of nitrogens with zero attached hydrogens (tertiary/aromatic N) is 6. The number of aliphatic imine (C=N–C) groups is 2. The van der Waals surface area contributed by atoms with Crippen LogP contribution in [0.5, 0.6) is 11.5 Å². The summed E-state index contributed by atoms with van der Waals surface area (Å²) in [6, 6.07) is 29.5. The number of fused-ring (bicyclic) bond motifs is 4. The summed E-state index contributed by atoms with van der Waals surface area (Å²) in [6.45, 7) is 4.60. The van der Waals surface area contributed by atoms with E-state index in [1.165, 1.54) is 0 Å². The Balaban J connectivity index is 1.46. The van der Waals surface area contributed by atoms with Crippen molar-refractivity contribution in [1.82, 2.24) is 14.8 Å². The molecule has 4 heterocycles. The smallest absolute Gasteiger partial charge is 0.179 e. The molecular formula is C33H29N7O2. The van der Waals surface area contributed by atoms with Crippen molar-refractivity contribution in [3.05, 3.63) is 114 Å². The molecule has 3 aromatic carbocycles. The number of aromatic nitrogens is 3. The van der Waals surface area contributed by atoms with E-state index in [9.17, 15) is 0 Å². The first kappa shape index (κ1) is 25.5. The van der Waals surface area contributed by atoms with Crippen molar-refractivity contribution < 1.29 is 9.47 Å². The van der Waals surface area contributed by atoms with Crippen molar-refractivity contribution in [2.45, 2.75) is 19.9 Å². The molecule has 1 atom stereocenters. The van der Waals surface area contributed by atoms with Crippen molar-refractivity contribution in [2.24, 2.45) is 9.98 Å². The molecule has 0 fully saturated rings. The number of anilines is 2. The first-order chi connectivity index (χ1) is 20.7. The highest BCUT2D eigenvalue weighted by molar-refractivity contribution is 6.51. The van der Waals surface area contributed by atoms with Gasteiger partial charge in [-0.15, -0.1) is 0 Å². The molecule has 0 saturated heterocycles. The minimum Gasteiger partial charge on any atom is -0.496 e. The lowest BCUT2D eigenvalue weighted by Crippen LogP contribution is -2.46. The van der Waals surface area contributed by atoms with Crippen LogP contribution in [-0.2, 0) is 0 Å². The molecule has 208 valence electrons. The van der Waals surface area contributed by atoms with E-state index in [2.05, 4.69) is 27.3 Å². The first-order valence-electron chi connectivity index (χ1n) is 13.9. The number of hydrogen-bond donors (Lipinski definition) is 1. The third kappa shape index (κ3) is 4.26. The maximum absolute atomic E-state index is 5.90. The van der Waals surface area contributed by atoms with Gasteiger partial charge < -0.3 is 19.7 Å². The van der Waals surface area contributed by atoms with E-state index in [-0.39, 0.29) is 6.04 Å². The van der Waals surface area contributed by atoms with E-state index in [0.717, 1.165) is 45.4 Å². The number of aryl methyl sites for hydroxylation is 1. The fraction of sp³-hybridized carbons (Fsp3) is 0.152. The Hall–Kier alpha value is -5.44. The monoisotopic (exact) mass is 555 g/mol. The predicted molar refractivity (Wildman–Crippen MR) is 165 cm³/mol. The van der Waals surface area contributed by atoms with Crippen LogP contribution in [0.4, 0.5) is 22.9 Å². The van der Waals surface area contributed by atoms with Gasteiger partial charge in [-0.25, -0.2) is 15.0 Å².